The van der Waals surface area contributed by atoms with Gasteiger partial charge in [-0.1, -0.05) is 13.8 Å². The minimum Gasteiger partial charge on any atom is -0.481 e. The van der Waals surface area contributed by atoms with Crippen molar-refractivity contribution in [2.45, 2.75) is 26.7 Å². The van der Waals surface area contributed by atoms with E-state index in [0.717, 1.165) is 13.0 Å². The Kier molecular flexibility index (Phi) is 4.76. The standard InChI is InChI=1S/C15H26N2O4/c1-11(2)15(13(18)19)5-7-17(10-15)14(20)16-6-4-12(8-16)9-21-3/h11-12H,4-10H2,1-3H3,(H,18,19). The molecule has 2 saturated heterocycles. The number of carboxylic acid groups (broad SMARTS) is 1. The Hall–Kier alpha value is -1.30. The number of carboxylic acids is 1. The molecule has 0 aromatic heterocycles. The number of methoxy groups -OCH3 is 1. The number of amides is 2. The van der Waals surface area contributed by atoms with Crippen LogP contribution in [0.4, 0.5) is 4.79 Å². The Labute approximate surface area is 126 Å². The second-order valence-corrected chi connectivity index (χ2v) is 6.63. The summed E-state index contributed by atoms with van der Waals surface area (Å²) in [7, 11) is 1.68. The van der Waals surface area contributed by atoms with Gasteiger partial charge in [0.05, 0.1) is 12.0 Å². The first-order chi connectivity index (χ1) is 9.90. The molecule has 2 heterocycles. The molecule has 0 bridgehead atoms. The zero-order chi connectivity index (χ0) is 15.6. The summed E-state index contributed by atoms with van der Waals surface area (Å²) in [6, 6.07) is -0.0163. The monoisotopic (exact) mass is 298 g/mol. The van der Waals surface area contributed by atoms with Crippen LogP contribution >= 0.6 is 0 Å². The fourth-order valence-electron chi connectivity index (χ4n) is 3.47. The quantitative estimate of drug-likeness (QED) is 0.854. The molecule has 120 valence electrons. The molecule has 6 heteroatoms. The highest BCUT2D eigenvalue weighted by Gasteiger charge is 2.49. The second kappa shape index (κ2) is 6.22. The highest BCUT2D eigenvalue weighted by molar-refractivity contribution is 5.80. The lowest BCUT2D eigenvalue weighted by Crippen LogP contribution is -2.45. The van der Waals surface area contributed by atoms with E-state index in [-0.39, 0.29) is 11.9 Å². The van der Waals surface area contributed by atoms with Crippen LogP contribution in [0.5, 0.6) is 0 Å². The molecule has 6 nitrogen and oxygen atoms in total. The molecule has 21 heavy (non-hydrogen) atoms. The van der Waals surface area contributed by atoms with Crippen molar-refractivity contribution in [1.29, 1.82) is 0 Å². The molecule has 2 fully saturated rings. The maximum Gasteiger partial charge on any atom is 0.320 e. The summed E-state index contributed by atoms with van der Waals surface area (Å²) in [4.78, 5) is 27.7. The van der Waals surface area contributed by atoms with Crippen LogP contribution in [0.25, 0.3) is 0 Å². The van der Waals surface area contributed by atoms with Crippen LogP contribution in [-0.4, -0.2) is 66.8 Å². The van der Waals surface area contributed by atoms with Gasteiger partial charge in [0.15, 0.2) is 0 Å². The Morgan fingerprint density at radius 2 is 2.05 bits per heavy atom. The SMILES string of the molecule is COCC1CCN(C(=O)N2CCC(C(=O)O)(C(C)C)C2)C1. The van der Waals surface area contributed by atoms with Crippen LogP contribution in [0.3, 0.4) is 0 Å². The zero-order valence-corrected chi connectivity index (χ0v) is 13.2. The summed E-state index contributed by atoms with van der Waals surface area (Å²) in [5, 5.41) is 9.54. The summed E-state index contributed by atoms with van der Waals surface area (Å²) >= 11 is 0. The summed E-state index contributed by atoms with van der Waals surface area (Å²) in [6.07, 6.45) is 1.50. The van der Waals surface area contributed by atoms with E-state index in [1.165, 1.54) is 0 Å². The van der Waals surface area contributed by atoms with E-state index in [4.69, 9.17) is 4.74 Å². The molecular weight excluding hydrogens is 272 g/mol. The van der Waals surface area contributed by atoms with Crippen LogP contribution in [0, 0.1) is 17.3 Å². The second-order valence-electron chi connectivity index (χ2n) is 6.63. The van der Waals surface area contributed by atoms with Gasteiger partial charge in [0.1, 0.15) is 0 Å². The lowest BCUT2D eigenvalue weighted by molar-refractivity contribution is -0.150. The van der Waals surface area contributed by atoms with Crippen molar-refractivity contribution in [3.05, 3.63) is 0 Å². The Bertz CT molecular complexity index is 412. The minimum absolute atomic E-state index is 0.0163. The van der Waals surface area contributed by atoms with E-state index in [2.05, 4.69) is 0 Å². The molecule has 0 aliphatic carbocycles. The molecule has 2 atom stereocenters. The van der Waals surface area contributed by atoms with Crippen molar-refractivity contribution >= 4 is 12.0 Å². The third kappa shape index (κ3) is 3.00. The summed E-state index contributed by atoms with van der Waals surface area (Å²) in [6.45, 7) is 6.84. The number of likely N-dealkylation sites (tertiary alicyclic amines) is 2. The van der Waals surface area contributed by atoms with Crippen molar-refractivity contribution < 1.29 is 19.4 Å². The molecule has 0 radical (unpaired) electrons. The fraction of sp³-hybridized carbons (Fsp3) is 0.867. The van der Waals surface area contributed by atoms with Gasteiger partial charge in [0, 0.05) is 39.2 Å². The van der Waals surface area contributed by atoms with E-state index in [9.17, 15) is 14.7 Å². The molecule has 0 aromatic carbocycles. The number of carbonyl (C=O) groups excluding carboxylic acids is 1. The van der Waals surface area contributed by atoms with E-state index in [1.54, 1.807) is 12.0 Å². The number of carbonyl (C=O) groups is 2. The van der Waals surface area contributed by atoms with Crippen LogP contribution in [0.2, 0.25) is 0 Å². The number of nitrogens with zero attached hydrogens (tertiary/aromatic N) is 2. The van der Waals surface area contributed by atoms with Gasteiger partial charge in [-0.2, -0.15) is 0 Å². The highest BCUT2D eigenvalue weighted by Crippen LogP contribution is 2.38. The van der Waals surface area contributed by atoms with E-state index >= 15 is 0 Å². The van der Waals surface area contributed by atoms with Gasteiger partial charge in [-0.3, -0.25) is 4.79 Å². The zero-order valence-electron chi connectivity index (χ0n) is 13.2. The molecule has 2 aliphatic heterocycles. The molecule has 2 aliphatic rings. The Morgan fingerprint density at radius 3 is 2.57 bits per heavy atom. The maximum atomic E-state index is 12.5. The van der Waals surface area contributed by atoms with E-state index < -0.39 is 11.4 Å². The van der Waals surface area contributed by atoms with Gasteiger partial charge in [0.2, 0.25) is 0 Å². The average Bonchev–Trinajstić information content (AvgIpc) is 3.05. The molecule has 0 aromatic rings. The third-order valence-electron chi connectivity index (χ3n) is 5.06. The largest absolute Gasteiger partial charge is 0.481 e. The molecule has 0 spiro atoms. The smallest absolute Gasteiger partial charge is 0.320 e. The first kappa shape index (κ1) is 16.1. The molecule has 1 N–H and O–H groups in total. The lowest BCUT2D eigenvalue weighted by atomic mass is 9.76. The van der Waals surface area contributed by atoms with Gasteiger partial charge >= 0.3 is 12.0 Å². The molecule has 2 rings (SSSR count). The Balaban J connectivity index is 1.98. The van der Waals surface area contributed by atoms with Gasteiger partial charge in [-0.25, -0.2) is 4.79 Å². The summed E-state index contributed by atoms with van der Waals surface area (Å²) in [5.41, 5.74) is -0.790. The van der Waals surface area contributed by atoms with Crippen LogP contribution in [-0.2, 0) is 9.53 Å². The summed E-state index contributed by atoms with van der Waals surface area (Å²) < 4.78 is 5.15. The number of hydrogen-bond donors (Lipinski definition) is 1. The third-order valence-corrected chi connectivity index (χ3v) is 5.06. The van der Waals surface area contributed by atoms with Crippen molar-refractivity contribution in [3.8, 4) is 0 Å². The molecule has 2 unspecified atom stereocenters. The highest BCUT2D eigenvalue weighted by atomic mass is 16.5. The normalized spacial score (nSPS) is 29.4. The van der Waals surface area contributed by atoms with Crippen molar-refractivity contribution in [1.82, 2.24) is 9.80 Å². The van der Waals surface area contributed by atoms with Gasteiger partial charge < -0.3 is 19.6 Å². The van der Waals surface area contributed by atoms with Crippen molar-refractivity contribution in [3.63, 3.8) is 0 Å². The molecule has 0 saturated carbocycles. The van der Waals surface area contributed by atoms with Gasteiger partial charge in [-0.05, 0) is 18.8 Å². The molecule has 2 amide bonds. The van der Waals surface area contributed by atoms with Gasteiger partial charge in [-0.15, -0.1) is 0 Å². The Morgan fingerprint density at radius 1 is 1.33 bits per heavy atom. The lowest BCUT2D eigenvalue weighted by Gasteiger charge is -2.30. The van der Waals surface area contributed by atoms with Crippen LogP contribution in [0.1, 0.15) is 26.7 Å². The average molecular weight is 298 g/mol. The topological polar surface area (TPSA) is 70.1 Å². The number of urea groups is 1. The van der Waals surface area contributed by atoms with Crippen molar-refractivity contribution in [2.75, 3.05) is 39.9 Å². The van der Waals surface area contributed by atoms with E-state index in [0.29, 0.717) is 38.6 Å². The number of ether oxygens (including phenoxy) is 1. The number of rotatable bonds is 4. The first-order valence-electron chi connectivity index (χ1n) is 7.67. The number of hydrogen-bond acceptors (Lipinski definition) is 3. The predicted octanol–water partition coefficient (Wildman–Crippen LogP) is 1.51. The predicted molar refractivity (Wildman–Crippen MR) is 78.0 cm³/mol. The van der Waals surface area contributed by atoms with Crippen molar-refractivity contribution in [2.24, 2.45) is 17.3 Å². The number of aliphatic carboxylic acids is 1. The van der Waals surface area contributed by atoms with Gasteiger partial charge in [0.25, 0.3) is 0 Å². The van der Waals surface area contributed by atoms with Crippen LogP contribution in [0.15, 0.2) is 0 Å². The summed E-state index contributed by atoms with van der Waals surface area (Å²) in [5.74, 6) is -0.366. The van der Waals surface area contributed by atoms with E-state index in [1.807, 2.05) is 18.7 Å². The fourth-order valence-corrected chi connectivity index (χ4v) is 3.47. The minimum atomic E-state index is -0.790. The first-order valence-corrected chi connectivity index (χ1v) is 7.67. The maximum absolute atomic E-state index is 12.5. The molecular formula is C15H26N2O4. The van der Waals surface area contributed by atoms with Crippen LogP contribution < -0.4 is 0 Å².